The smallest absolute Gasteiger partial charge is 0.357 e. The zero-order valence-corrected chi connectivity index (χ0v) is 16.7. The van der Waals surface area contributed by atoms with Gasteiger partial charge in [0.15, 0.2) is 11.8 Å². The predicted octanol–water partition coefficient (Wildman–Crippen LogP) is 2.93. The van der Waals surface area contributed by atoms with Gasteiger partial charge >= 0.3 is 12.0 Å². The molecule has 0 saturated heterocycles. The number of imide groups is 1. The van der Waals surface area contributed by atoms with Crippen molar-refractivity contribution in [2.24, 2.45) is 0 Å². The Labute approximate surface area is 173 Å². The van der Waals surface area contributed by atoms with Gasteiger partial charge in [-0.3, -0.25) is 10.1 Å². The van der Waals surface area contributed by atoms with Crippen LogP contribution in [0.3, 0.4) is 0 Å². The van der Waals surface area contributed by atoms with E-state index in [9.17, 15) is 14.4 Å². The largest absolute Gasteiger partial charge is 0.448 e. The summed E-state index contributed by atoms with van der Waals surface area (Å²) in [4.78, 5) is 36.5. The van der Waals surface area contributed by atoms with Crippen molar-refractivity contribution in [3.8, 4) is 16.9 Å². The summed E-state index contributed by atoms with van der Waals surface area (Å²) in [6.07, 6.45) is -1.17. The molecule has 30 heavy (non-hydrogen) atoms. The van der Waals surface area contributed by atoms with E-state index in [4.69, 9.17) is 4.74 Å². The summed E-state index contributed by atoms with van der Waals surface area (Å²) in [5.41, 5.74) is 2.26. The first-order valence-corrected chi connectivity index (χ1v) is 9.50. The van der Waals surface area contributed by atoms with Crippen molar-refractivity contribution in [3.05, 3.63) is 72.4 Å². The van der Waals surface area contributed by atoms with Gasteiger partial charge in [-0.2, -0.15) is 5.10 Å². The molecule has 0 radical (unpaired) electrons. The number of urea groups is 1. The van der Waals surface area contributed by atoms with Crippen LogP contribution in [0.1, 0.15) is 24.3 Å². The Morgan fingerprint density at radius 2 is 1.67 bits per heavy atom. The van der Waals surface area contributed by atoms with E-state index in [2.05, 4.69) is 15.7 Å². The number of para-hydroxylation sites is 1. The van der Waals surface area contributed by atoms with Crippen LogP contribution in [-0.2, 0) is 9.53 Å². The summed E-state index contributed by atoms with van der Waals surface area (Å²) in [5, 5.41) is 9.12. The summed E-state index contributed by atoms with van der Waals surface area (Å²) < 4.78 is 6.77. The number of esters is 1. The third-order valence-electron chi connectivity index (χ3n) is 4.22. The van der Waals surface area contributed by atoms with Crippen LogP contribution in [0.25, 0.3) is 16.9 Å². The van der Waals surface area contributed by atoms with Crippen molar-refractivity contribution in [2.75, 3.05) is 6.54 Å². The zero-order valence-electron chi connectivity index (χ0n) is 16.7. The first kappa shape index (κ1) is 20.8. The molecule has 0 aliphatic carbocycles. The second-order valence-electron chi connectivity index (χ2n) is 6.42. The van der Waals surface area contributed by atoms with Crippen LogP contribution < -0.4 is 10.6 Å². The quantitative estimate of drug-likeness (QED) is 0.613. The summed E-state index contributed by atoms with van der Waals surface area (Å²) in [6.45, 7) is 3.49. The molecule has 0 bridgehead atoms. The molecule has 8 nitrogen and oxygen atoms in total. The Bertz CT molecular complexity index is 1030. The fraction of sp³-hybridized carbons (Fsp3) is 0.182. The van der Waals surface area contributed by atoms with E-state index in [-0.39, 0.29) is 5.69 Å². The summed E-state index contributed by atoms with van der Waals surface area (Å²) in [5.74, 6) is -1.45. The number of hydrogen-bond donors (Lipinski definition) is 2. The van der Waals surface area contributed by atoms with E-state index in [1.165, 1.54) is 11.6 Å². The van der Waals surface area contributed by atoms with E-state index in [1.54, 1.807) is 13.0 Å². The molecule has 0 saturated carbocycles. The van der Waals surface area contributed by atoms with Gasteiger partial charge in [0.1, 0.15) is 0 Å². The third-order valence-corrected chi connectivity index (χ3v) is 4.22. The molecule has 2 aromatic carbocycles. The highest BCUT2D eigenvalue weighted by Gasteiger charge is 2.24. The summed E-state index contributed by atoms with van der Waals surface area (Å²) >= 11 is 0. The van der Waals surface area contributed by atoms with Crippen LogP contribution in [0.4, 0.5) is 4.79 Å². The van der Waals surface area contributed by atoms with Gasteiger partial charge in [-0.05, 0) is 32.0 Å². The van der Waals surface area contributed by atoms with Crippen molar-refractivity contribution in [1.82, 2.24) is 20.4 Å². The maximum Gasteiger partial charge on any atom is 0.357 e. The zero-order chi connectivity index (χ0) is 21.5. The molecule has 3 rings (SSSR count). The third kappa shape index (κ3) is 4.91. The number of nitrogens with zero attached hydrogens (tertiary/aromatic N) is 2. The van der Waals surface area contributed by atoms with E-state index >= 15 is 0 Å². The average molecular weight is 406 g/mol. The molecule has 154 valence electrons. The van der Waals surface area contributed by atoms with Gasteiger partial charge in [0, 0.05) is 12.1 Å². The number of nitrogens with one attached hydrogen (secondary N) is 2. The number of aromatic nitrogens is 2. The van der Waals surface area contributed by atoms with Crippen LogP contribution in [0.5, 0.6) is 0 Å². The Morgan fingerprint density at radius 1 is 1.03 bits per heavy atom. The van der Waals surface area contributed by atoms with Crippen molar-refractivity contribution in [3.63, 3.8) is 0 Å². The number of rotatable bonds is 6. The standard InChI is InChI=1S/C22H22N4O4/c1-3-23-22(29)24-20(27)15(2)30-21(28)19-14-18(16-10-6-4-7-11-16)25-26(19)17-12-8-5-9-13-17/h4-15H,3H2,1-2H3,(H2,23,24,27,29)/t15-/m1/s1. The molecule has 0 spiro atoms. The maximum atomic E-state index is 12.8. The van der Waals surface area contributed by atoms with Crippen LogP contribution in [0, 0.1) is 0 Å². The van der Waals surface area contributed by atoms with E-state index in [0.29, 0.717) is 17.9 Å². The highest BCUT2D eigenvalue weighted by atomic mass is 16.5. The Hall–Kier alpha value is -3.94. The van der Waals surface area contributed by atoms with Gasteiger partial charge in [0.2, 0.25) is 0 Å². The molecule has 0 unspecified atom stereocenters. The van der Waals surface area contributed by atoms with Crippen LogP contribution in [0.15, 0.2) is 66.7 Å². The van der Waals surface area contributed by atoms with E-state index < -0.39 is 24.0 Å². The number of ether oxygens (including phenoxy) is 1. The Balaban J connectivity index is 1.86. The second kappa shape index (κ2) is 9.51. The molecule has 2 N–H and O–H groups in total. The summed E-state index contributed by atoms with van der Waals surface area (Å²) in [6, 6.07) is 19.5. The van der Waals surface area contributed by atoms with Crippen LogP contribution in [-0.4, -0.2) is 40.3 Å². The molecule has 0 aliphatic heterocycles. The first-order chi connectivity index (χ1) is 14.5. The molecule has 3 aromatic rings. The highest BCUT2D eigenvalue weighted by molar-refractivity contribution is 5.98. The number of hydrogen-bond acceptors (Lipinski definition) is 5. The van der Waals surface area contributed by atoms with Gasteiger partial charge in [-0.25, -0.2) is 14.3 Å². The van der Waals surface area contributed by atoms with Gasteiger partial charge in [0.25, 0.3) is 5.91 Å². The molecule has 1 atom stereocenters. The monoisotopic (exact) mass is 406 g/mol. The number of carbonyl (C=O) groups excluding carboxylic acids is 3. The maximum absolute atomic E-state index is 12.8. The average Bonchev–Trinajstić information content (AvgIpc) is 3.21. The number of carbonyl (C=O) groups is 3. The molecule has 0 fully saturated rings. The van der Waals surface area contributed by atoms with Gasteiger partial charge in [-0.1, -0.05) is 48.5 Å². The van der Waals surface area contributed by atoms with Crippen molar-refractivity contribution < 1.29 is 19.1 Å². The molecule has 3 amide bonds. The van der Waals surface area contributed by atoms with Crippen molar-refractivity contribution in [2.45, 2.75) is 20.0 Å². The highest BCUT2D eigenvalue weighted by Crippen LogP contribution is 2.22. The SMILES string of the molecule is CCNC(=O)NC(=O)[C@@H](C)OC(=O)c1cc(-c2ccccc2)nn1-c1ccccc1. The van der Waals surface area contributed by atoms with Gasteiger partial charge < -0.3 is 10.1 Å². The lowest BCUT2D eigenvalue weighted by Gasteiger charge is -2.13. The Kier molecular flexibility index (Phi) is 6.59. The summed E-state index contributed by atoms with van der Waals surface area (Å²) in [7, 11) is 0. The normalized spacial score (nSPS) is 11.4. The lowest BCUT2D eigenvalue weighted by Crippen LogP contribution is -2.44. The second-order valence-corrected chi connectivity index (χ2v) is 6.42. The molecular weight excluding hydrogens is 384 g/mol. The fourth-order valence-electron chi connectivity index (χ4n) is 2.74. The minimum Gasteiger partial charge on any atom is -0.448 e. The lowest BCUT2D eigenvalue weighted by atomic mass is 10.1. The van der Waals surface area contributed by atoms with Gasteiger partial charge in [0.05, 0.1) is 11.4 Å². The minimum absolute atomic E-state index is 0.165. The molecular formula is C22H22N4O4. The Morgan fingerprint density at radius 3 is 2.30 bits per heavy atom. The number of benzene rings is 2. The van der Waals surface area contributed by atoms with Crippen LogP contribution >= 0.6 is 0 Å². The number of amides is 3. The minimum atomic E-state index is -1.17. The van der Waals surface area contributed by atoms with Crippen molar-refractivity contribution in [1.29, 1.82) is 0 Å². The topological polar surface area (TPSA) is 102 Å². The van der Waals surface area contributed by atoms with E-state index in [0.717, 1.165) is 5.56 Å². The molecule has 0 aliphatic rings. The lowest BCUT2D eigenvalue weighted by molar-refractivity contribution is -0.127. The van der Waals surface area contributed by atoms with Crippen molar-refractivity contribution >= 4 is 17.9 Å². The molecule has 8 heteroatoms. The molecule has 1 heterocycles. The van der Waals surface area contributed by atoms with E-state index in [1.807, 2.05) is 60.7 Å². The van der Waals surface area contributed by atoms with Crippen LogP contribution in [0.2, 0.25) is 0 Å². The van der Waals surface area contributed by atoms with Gasteiger partial charge in [-0.15, -0.1) is 0 Å². The first-order valence-electron chi connectivity index (χ1n) is 9.50. The predicted molar refractivity (Wildman–Crippen MR) is 111 cm³/mol. The fourth-order valence-corrected chi connectivity index (χ4v) is 2.74. The molecule has 1 aromatic heterocycles.